The average molecular weight is 247 g/mol. The topological polar surface area (TPSA) is 64.9 Å². The van der Waals surface area contributed by atoms with Crippen LogP contribution in [0.3, 0.4) is 0 Å². The van der Waals surface area contributed by atoms with E-state index in [2.05, 4.69) is 27.2 Å². The van der Waals surface area contributed by atoms with Gasteiger partial charge in [-0.25, -0.2) is 15.0 Å². The van der Waals surface area contributed by atoms with Gasteiger partial charge in [-0.15, -0.1) is 0 Å². The van der Waals surface area contributed by atoms with E-state index in [1.807, 2.05) is 17.7 Å². The zero-order chi connectivity index (χ0) is 13.0. The molecule has 0 aliphatic carbocycles. The fourth-order valence-corrected chi connectivity index (χ4v) is 1.76. The Balaban J connectivity index is 2.22. The van der Waals surface area contributed by atoms with Crippen molar-refractivity contribution in [2.45, 2.75) is 19.9 Å². The van der Waals surface area contributed by atoms with E-state index in [9.17, 15) is 0 Å². The van der Waals surface area contributed by atoms with Gasteiger partial charge in [0.2, 0.25) is 5.95 Å². The molecule has 0 fully saturated rings. The van der Waals surface area contributed by atoms with Crippen molar-refractivity contribution in [3.63, 3.8) is 0 Å². The number of aromatic nitrogens is 4. The lowest BCUT2D eigenvalue weighted by atomic mass is 10.3. The van der Waals surface area contributed by atoms with E-state index in [-0.39, 0.29) is 6.04 Å². The maximum atomic E-state index is 5.17. The standard InChI is InChI=1S/C12H17N5O/c1-9-6-17(10(2)7-18-3)12(15-9)16-11-4-13-8-14-5-11/h4-6,8,10H,7H2,1-3H3,(H,15,16). The first-order valence-corrected chi connectivity index (χ1v) is 5.77. The Labute approximate surface area is 106 Å². The molecular formula is C12H17N5O. The summed E-state index contributed by atoms with van der Waals surface area (Å²) in [6, 6.07) is 0.211. The molecule has 18 heavy (non-hydrogen) atoms. The van der Waals surface area contributed by atoms with E-state index in [1.54, 1.807) is 19.5 Å². The zero-order valence-corrected chi connectivity index (χ0v) is 10.8. The van der Waals surface area contributed by atoms with Crippen LogP contribution in [0, 0.1) is 6.92 Å². The molecule has 0 radical (unpaired) electrons. The Hall–Kier alpha value is -1.95. The lowest BCUT2D eigenvalue weighted by Gasteiger charge is -2.15. The molecule has 0 saturated heterocycles. The monoisotopic (exact) mass is 247 g/mol. The molecule has 1 N–H and O–H groups in total. The van der Waals surface area contributed by atoms with Crippen LogP contribution >= 0.6 is 0 Å². The third kappa shape index (κ3) is 2.84. The predicted molar refractivity (Wildman–Crippen MR) is 68.9 cm³/mol. The summed E-state index contributed by atoms with van der Waals surface area (Å²) in [5.41, 5.74) is 1.77. The van der Waals surface area contributed by atoms with E-state index in [0.717, 1.165) is 17.3 Å². The maximum absolute atomic E-state index is 5.17. The highest BCUT2D eigenvalue weighted by atomic mass is 16.5. The van der Waals surface area contributed by atoms with Crippen LogP contribution in [0.4, 0.5) is 11.6 Å². The third-order valence-electron chi connectivity index (χ3n) is 2.55. The molecule has 0 bridgehead atoms. The molecule has 2 aromatic heterocycles. The summed E-state index contributed by atoms with van der Waals surface area (Å²) >= 11 is 0. The Bertz CT molecular complexity index is 496. The van der Waals surface area contributed by atoms with E-state index >= 15 is 0 Å². The van der Waals surface area contributed by atoms with Gasteiger partial charge in [0.25, 0.3) is 0 Å². The van der Waals surface area contributed by atoms with Crippen molar-refractivity contribution >= 4 is 11.6 Å². The number of methoxy groups -OCH3 is 1. The minimum atomic E-state index is 0.211. The number of aryl methyl sites for hydroxylation is 1. The molecule has 0 aromatic carbocycles. The lowest BCUT2D eigenvalue weighted by molar-refractivity contribution is 0.163. The molecule has 6 nitrogen and oxygen atoms in total. The van der Waals surface area contributed by atoms with Gasteiger partial charge in [-0.05, 0) is 13.8 Å². The number of hydrogen-bond donors (Lipinski definition) is 1. The largest absolute Gasteiger partial charge is 0.383 e. The van der Waals surface area contributed by atoms with Gasteiger partial charge in [0.15, 0.2) is 0 Å². The van der Waals surface area contributed by atoms with Gasteiger partial charge in [0.1, 0.15) is 6.33 Å². The minimum Gasteiger partial charge on any atom is -0.383 e. The Morgan fingerprint density at radius 3 is 2.78 bits per heavy atom. The van der Waals surface area contributed by atoms with Crippen molar-refractivity contribution in [2.75, 3.05) is 19.0 Å². The van der Waals surface area contributed by atoms with Gasteiger partial charge >= 0.3 is 0 Å². The number of rotatable bonds is 5. The number of anilines is 2. The van der Waals surface area contributed by atoms with Gasteiger partial charge in [-0.3, -0.25) is 0 Å². The van der Waals surface area contributed by atoms with E-state index < -0.39 is 0 Å². The molecule has 6 heteroatoms. The summed E-state index contributed by atoms with van der Waals surface area (Å²) in [6.45, 7) is 4.68. The quantitative estimate of drug-likeness (QED) is 0.874. The van der Waals surface area contributed by atoms with Crippen LogP contribution in [0.1, 0.15) is 18.7 Å². The molecular weight excluding hydrogens is 230 g/mol. The highest BCUT2D eigenvalue weighted by Crippen LogP contribution is 2.19. The molecule has 2 rings (SSSR count). The molecule has 1 atom stereocenters. The van der Waals surface area contributed by atoms with E-state index in [4.69, 9.17) is 4.74 Å². The minimum absolute atomic E-state index is 0.211. The van der Waals surface area contributed by atoms with Crippen LogP contribution < -0.4 is 5.32 Å². The van der Waals surface area contributed by atoms with Crippen LogP contribution in [0.2, 0.25) is 0 Å². The first-order chi connectivity index (χ1) is 8.70. The summed E-state index contributed by atoms with van der Waals surface area (Å²) in [5.74, 6) is 0.770. The summed E-state index contributed by atoms with van der Waals surface area (Å²) in [5, 5.41) is 3.20. The van der Waals surface area contributed by atoms with Crippen LogP contribution in [0.5, 0.6) is 0 Å². The van der Waals surface area contributed by atoms with Crippen molar-refractivity contribution in [1.29, 1.82) is 0 Å². The number of hydrogen-bond acceptors (Lipinski definition) is 5. The summed E-state index contributed by atoms with van der Waals surface area (Å²) in [4.78, 5) is 12.4. The fraction of sp³-hybridized carbons (Fsp3) is 0.417. The third-order valence-corrected chi connectivity index (χ3v) is 2.55. The number of ether oxygens (including phenoxy) is 1. The van der Waals surface area contributed by atoms with E-state index in [0.29, 0.717) is 6.61 Å². The lowest BCUT2D eigenvalue weighted by Crippen LogP contribution is -2.12. The summed E-state index contributed by atoms with van der Waals surface area (Å²) in [7, 11) is 1.69. The molecule has 2 heterocycles. The van der Waals surface area contributed by atoms with Gasteiger partial charge in [0.05, 0.1) is 36.4 Å². The summed E-state index contributed by atoms with van der Waals surface area (Å²) < 4.78 is 7.22. The van der Waals surface area contributed by atoms with Crippen LogP contribution in [0.25, 0.3) is 0 Å². The van der Waals surface area contributed by atoms with Crippen LogP contribution in [-0.2, 0) is 4.74 Å². The first-order valence-electron chi connectivity index (χ1n) is 5.77. The molecule has 0 aliphatic heterocycles. The Morgan fingerprint density at radius 2 is 2.11 bits per heavy atom. The summed E-state index contributed by atoms with van der Waals surface area (Å²) in [6.07, 6.45) is 6.91. The van der Waals surface area contributed by atoms with Gasteiger partial charge in [-0.1, -0.05) is 0 Å². The zero-order valence-electron chi connectivity index (χ0n) is 10.8. The predicted octanol–water partition coefficient (Wildman–Crippen LogP) is 1.93. The number of nitrogens with one attached hydrogen (secondary N) is 1. The van der Waals surface area contributed by atoms with Crippen molar-refractivity contribution < 1.29 is 4.74 Å². The normalized spacial score (nSPS) is 12.4. The number of imidazole rings is 1. The smallest absolute Gasteiger partial charge is 0.207 e. The van der Waals surface area contributed by atoms with Crippen LogP contribution in [-0.4, -0.2) is 33.2 Å². The highest BCUT2D eigenvalue weighted by molar-refractivity contribution is 5.51. The number of nitrogens with zero attached hydrogens (tertiary/aromatic N) is 4. The molecule has 2 aromatic rings. The second kappa shape index (κ2) is 5.59. The highest BCUT2D eigenvalue weighted by Gasteiger charge is 2.12. The second-order valence-electron chi connectivity index (χ2n) is 4.17. The van der Waals surface area contributed by atoms with Gasteiger partial charge < -0.3 is 14.6 Å². The van der Waals surface area contributed by atoms with Crippen molar-refractivity contribution in [2.24, 2.45) is 0 Å². The Kier molecular flexibility index (Phi) is 3.88. The van der Waals surface area contributed by atoms with Gasteiger partial charge in [-0.2, -0.15) is 0 Å². The molecule has 96 valence electrons. The van der Waals surface area contributed by atoms with Crippen molar-refractivity contribution in [3.05, 3.63) is 30.6 Å². The molecule has 0 amide bonds. The molecule has 1 unspecified atom stereocenters. The first kappa shape index (κ1) is 12.5. The van der Waals surface area contributed by atoms with Crippen LogP contribution in [0.15, 0.2) is 24.9 Å². The SMILES string of the molecule is COCC(C)n1cc(C)nc1Nc1cncnc1. The molecule has 0 saturated carbocycles. The van der Waals surface area contributed by atoms with Crippen molar-refractivity contribution in [3.8, 4) is 0 Å². The fourth-order valence-electron chi connectivity index (χ4n) is 1.76. The van der Waals surface area contributed by atoms with Gasteiger partial charge in [0, 0.05) is 13.3 Å². The van der Waals surface area contributed by atoms with E-state index in [1.165, 1.54) is 6.33 Å². The second-order valence-corrected chi connectivity index (χ2v) is 4.17. The average Bonchev–Trinajstić information content (AvgIpc) is 2.72. The molecule has 0 spiro atoms. The van der Waals surface area contributed by atoms with Crippen molar-refractivity contribution in [1.82, 2.24) is 19.5 Å². The Morgan fingerprint density at radius 1 is 1.39 bits per heavy atom. The maximum Gasteiger partial charge on any atom is 0.207 e. The molecule has 0 aliphatic rings.